The van der Waals surface area contributed by atoms with Gasteiger partial charge in [-0.05, 0) is 77.7 Å². The van der Waals surface area contributed by atoms with Gasteiger partial charge in [-0.25, -0.2) is 4.98 Å². The van der Waals surface area contributed by atoms with Gasteiger partial charge in [0, 0.05) is 43.4 Å². The van der Waals surface area contributed by atoms with Crippen LogP contribution >= 0.6 is 0 Å². The largest absolute Gasteiger partial charge is 0.493 e. The fraction of sp³-hybridized carbons (Fsp3) is 0.295. The average Bonchev–Trinajstić information content (AvgIpc) is 3.22. The number of nitrogens with zero attached hydrogens (tertiary/aromatic N) is 2. The normalized spacial score (nSPS) is 12.8. The number of anilines is 1. The fourth-order valence-electron chi connectivity index (χ4n) is 6.13. The Morgan fingerprint density at radius 3 is 2.36 bits per heavy atom. The summed E-state index contributed by atoms with van der Waals surface area (Å²) in [5.41, 5.74) is 5.37. The van der Waals surface area contributed by atoms with E-state index >= 15 is 0 Å². The molecule has 286 valence electrons. The van der Waals surface area contributed by atoms with E-state index in [9.17, 15) is 9.59 Å². The Labute approximate surface area is 321 Å². The molecule has 0 spiro atoms. The number of para-hydroxylation sites is 1. The molecule has 0 saturated heterocycles. The van der Waals surface area contributed by atoms with Crippen molar-refractivity contribution in [3.8, 4) is 17.2 Å². The second kappa shape index (κ2) is 20.2. The minimum Gasteiger partial charge on any atom is -0.493 e. The number of pyridine rings is 1. The second-order valence-electron chi connectivity index (χ2n) is 12.9. The van der Waals surface area contributed by atoms with Gasteiger partial charge < -0.3 is 33.7 Å². The average molecular weight is 746 g/mol. The van der Waals surface area contributed by atoms with E-state index in [1.807, 2.05) is 54.6 Å². The quantitative estimate of drug-likeness (QED) is 0.0513. The zero-order chi connectivity index (χ0) is 38.2. The lowest BCUT2D eigenvalue weighted by molar-refractivity contribution is 0.0178. The van der Waals surface area contributed by atoms with Crippen LogP contribution in [0.15, 0.2) is 103 Å². The number of carbonyl (C=O) groups excluding carboxylic acids is 2. The van der Waals surface area contributed by atoms with Crippen molar-refractivity contribution in [3.63, 3.8) is 0 Å². The molecule has 0 radical (unpaired) electrons. The maximum atomic E-state index is 13.0. The van der Waals surface area contributed by atoms with E-state index in [1.165, 1.54) is 17.2 Å². The first-order chi connectivity index (χ1) is 27.0. The van der Waals surface area contributed by atoms with Crippen LogP contribution in [0.25, 0.3) is 17.0 Å². The lowest BCUT2D eigenvalue weighted by atomic mass is 9.99. The first kappa shape index (κ1) is 39.1. The van der Waals surface area contributed by atoms with E-state index in [4.69, 9.17) is 28.4 Å². The second-order valence-corrected chi connectivity index (χ2v) is 12.9. The van der Waals surface area contributed by atoms with Crippen LogP contribution in [0.5, 0.6) is 17.2 Å². The van der Waals surface area contributed by atoms with Crippen molar-refractivity contribution in [2.45, 2.75) is 13.0 Å². The number of carbonyl (C=O) groups is 2. The number of aromatic nitrogens is 1. The molecule has 6 rings (SSSR count). The molecular formula is C44H47N3O8. The minimum atomic E-state index is -0.343. The smallest absolute Gasteiger partial charge is 0.274 e. The monoisotopic (exact) mass is 745 g/mol. The number of benzene rings is 4. The summed E-state index contributed by atoms with van der Waals surface area (Å²) >= 11 is 0. The molecule has 0 atom stereocenters. The van der Waals surface area contributed by atoms with Crippen molar-refractivity contribution < 1.29 is 38.0 Å². The van der Waals surface area contributed by atoms with Crippen LogP contribution in [0, 0.1) is 0 Å². The summed E-state index contributed by atoms with van der Waals surface area (Å²) in [4.78, 5) is 32.7. The van der Waals surface area contributed by atoms with Crippen molar-refractivity contribution in [3.05, 3.63) is 131 Å². The zero-order valence-electron chi connectivity index (χ0n) is 31.3. The van der Waals surface area contributed by atoms with Gasteiger partial charge >= 0.3 is 0 Å². The number of hydrogen-bond acceptors (Lipinski definition) is 10. The third-order valence-electron chi connectivity index (χ3n) is 9.09. The van der Waals surface area contributed by atoms with Gasteiger partial charge in [-0.1, -0.05) is 54.6 Å². The molecule has 55 heavy (non-hydrogen) atoms. The van der Waals surface area contributed by atoms with Crippen LogP contribution in [0.2, 0.25) is 0 Å². The summed E-state index contributed by atoms with van der Waals surface area (Å²) in [7, 11) is 3.31. The highest BCUT2D eigenvalue weighted by molar-refractivity contribution is 6.08. The topological polar surface area (TPSA) is 118 Å². The molecule has 11 nitrogen and oxygen atoms in total. The maximum absolute atomic E-state index is 13.0. The van der Waals surface area contributed by atoms with Crippen LogP contribution in [0.1, 0.15) is 37.5 Å². The van der Waals surface area contributed by atoms with Crippen molar-refractivity contribution >= 4 is 34.4 Å². The summed E-state index contributed by atoms with van der Waals surface area (Å²) in [5, 5.41) is 3.81. The molecule has 11 heteroatoms. The molecule has 5 aromatic rings. The molecule has 0 fully saturated rings. The highest BCUT2D eigenvalue weighted by Crippen LogP contribution is 2.33. The molecule has 0 saturated carbocycles. The highest BCUT2D eigenvalue weighted by atomic mass is 16.6. The van der Waals surface area contributed by atoms with Gasteiger partial charge in [0.1, 0.15) is 24.7 Å². The van der Waals surface area contributed by atoms with Gasteiger partial charge in [0.15, 0.2) is 17.3 Å². The number of amides is 1. The van der Waals surface area contributed by atoms with Gasteiger partial charge in [-0.15, -0.1) is 0 Å². The molecule has 2 heterocycles. The molecule has 1 N–H and O–H groups in total. The SMILES string of the molecule is COCCOCCOCCOc1cc2c(cc1OC)CCN(CCOc1ccc(/C=C/C(=O)c3cccc(NC(=O)c4ccc5ccccc5n4)c3)cc1)C2. The zero-order valence-corrected chi connectivity index (χ0v) is 31.3. The number of ketones is 1. The molecule has 4 aromatic carbocycles. The lowest BCUT2D eigenvalue weighted by Crippen LogP contribution is -2.33. The highest BCUT2D eigenvalue weighted by Gasteiger charge is 2.20. The summed E-state index contributed by atoms with van der Waals surface area (Å²) < 4.78 is 33.7. The Balaban J connectivity index is 0.933. The van der Waals surface area contributed by atoms with Crippen LogP contribution in [-0.4, -0.2) is 95.1 Å². The number of fused-ring (bicyclic) bond motifs is 2. The number of nitrogens with one attached hydrogen (secondary N) is 1. The van der Waals surface area contributed by atoms with Gasteiger partial charge in [-0.3, -0.25) is 14.5 Å². The number of methoxy groups -OCH3 is 2. The van der Waals surface area contributed by atoms with E-state index in [1.54, 1.807) is 50.6 Å². The van der Waals surface area contributed by atoms with Gasteiger partial charge in [0.25, 0.3) is 5.91 Å². The van der Waals surface area contributed by atoms with E-state index < -0.39 is 0 Å². The van der Waals surface area contributed by atoms with Gasteiger partial charge in [0.2, 0.25) is 0 Å². The van der Waals surface area contributed by atoms with Gasteiger partial charge in [0.05, 0.1) is 45.7 Å². The van der Waals surface area contributed by atoms with Crippen molar-refractivity contribution in [2.24, 2.45) is 0 Å². The third kappa shape index (κ3) is 11.5. The number of rotatable bonds is 20. The third-order valence-corrected chi connectivity index (χ3v) is 9.09. The van der Waals surface area contributed by atoms with Crippen LogP contribution in [-0.2, 0) is 27.2 Å². The summed E-state index contributed by atoms with van der Waals surface area (Å²) in [5.74, 6) is 1.68. The van der Waals surface area contributed by atoms with Crippen LogP contribution in [0.3, 0.4) is 0 Å². The summed E-state index contributed by atoms with van der Waals surface area (Å²) in [6.45, 7) is 6.04. The summed E-state index contributed by atoms with van der Waals surface area (Å²) in [6, 6.07) is 29.8. The standard InChI is InChI=1S/C44H47N3O8/c1-50-22-23-52-24-25-53-26-27-55-43-30-36-31-47(19-18-34(36)29-42(43)51-2)20-21-54-38-14-10-32(11-15-38)12-17-41(48)35-7-5-8-37(28-35)45-44(49)40-16-13-33-6-3-4-9-39(33)46-40/h3-17,28-30H,18-27,31H2,1-2H3,(H,45,49)/b17-12+. The van der Waals surface area contributed by atoms with Crippen molar-refractivity contribution in [2.75, 3.05) is 78.9 Å². The Hall–Kier alpha value is -5.59. The molecule has 1 amide bonds. The first-order valence-corrected chi connectivity index (χ1v) is 18.4. The first-order valence-electron chi connectivity index (χ1n) is 18.4. The predicted octanol–water partition coefficient (Wildman–Crippen LogP) is 6.89. The van der Waals surface area contributed by atoms with E-state index in [0.717, 1.165) is 54.0 Å². The number of hydrogen-bond donors (Lipinski definition) is 1. The molecule has 1 aliphatic heterocycles. The number of ether oxygens (including phenoxy) is 6. The lowest BCUT2D eigenvalue weighted by Gasteiger charge is -2.29. The van der Waals surface area contributed by atoms with Crippen LogP contribution < -0.4 is 19.5 Å². The molecule has 1 aliphatic rings. The minimum absolute atomic E-state index is 0.176. The Morgan fingerprint density at radius 1 is 0.764 bits per heavy atom. The van der Waals surface area contributed by atoms with E-state index in [0.29, 0.717) is 68.9 Å². The summed E-state index contributed by atoms with van der Waals surface area (Å²) in [6.07, 6.45) is 4.21. The predicted molar refractivity (Wildman–Crippen MR) is 212 cm³/mol. The Morgan fingerprint density at radius 2 is 1.55 bits per heavy atom. The maximum Gasteiger partial charge on any atom is 0.274 e. The van der Waals surface area contributed by atoms with Crippen LogP contribution in [0.4, 0.5) is 5.69 Å². The molecule has 0 unspecified atom stereocenters. The molecule has 0 aliphatic carbocycles. The number of allylic oxidation sites excluding steroid dienone is 1. The van der Waals surface area contributed by atoms with Gasteiger partial charge in [-0.2, -0.15) is 0 Å². The van der Waals surface area contributed by atoms with Crippen molar-refractivity contribution in [1.29, 1.82) is 0 Å². The molecule has 0 bridgehead atoms. The molecular weight excluding hydrogens is 698 g/mol. The fourth-order valence-corrected chi connectivity index (χ4v) is 6.13. The Kier molecular flexibility index (Phi) is 14.4. The molecule has 1 aromatic heterocycles. The van der Waals surface area contributed by atoms with E-state index in [-0.39, 0.29) is 11.7 Å². The van der Waals surface area contributed by atoms with Crippen molar-refractivity contribution in [1.82, 2.24) is 9.88 Å². The Bertz CT molecular complexity index is 2070. The van der Waals surface area contributed by atoms with E-state index in [2.05, 4.69) is 27.3 Å².